The minimum absolute atomic E-state index is 0.00213. The van der Waals surface area contributed by atoms with Crippen molar-refractivity contribution in [1.82, 2.24) is 9.88 Å². The fourth-order valence-electron chi connectivity index (χ4n) is 2.15. The Morgan fingerprint density at radius 3 is 2.56 bits per heavy atom. The zero-order valence-electron chi connectivity index (χ0n) is 10.2. The third-order valence-electron chi connectivity index (χ3n) is 3.08. The summed E-state index contributed by atoms with van der Waals surface area (Å²) >= 11 is 5.87. The molecule has 2 heterocycles. The molecule has 0 atom stereocenters. The van der Waals surface area contributed by atoms with E-state index in [4.69, 9.17) is 17.4 Å². The van der Waals surface area contributed by atoms with Gasteiger partial charge in [-0.15, -0.1) is 0 Å². The number of nitrogen functional groups attached to an aromatic ring is 1. The molecule has 0 bridgehead atoms. The molecule has 1 saturated heterocycles. The standard InChI is InChI=1S/C12H17ClN4O/c13-10-7-9(8-11(15-10)16-14)12(18)17-5-3-1-2-4-6-17/h7-8H,1-6,14H2,(H,15,16). The summed E-state index contributed by atoms with van der Waals surface area (Å²) in [7, 11) is 0. The van der Waals surface area contributed by atoms with Crippen molar-refractivity contribution >= 4 is 23.3 Å². The van der Waals surface area contributed by atoms with Crippen molar-refractivity contribution < 1.29 is 4.79 Å². The number of hydrogen-bond acceptors (Lipinski definition) is 4. The highest BCUT2D eigenvalue weighted by molar-refractivity contribution is 6.29. The van der Waals surface area contributed by atoms with Crippen molar-refractivity contribution in [1.29, 1.82) is 0 Å². The van der Waals surface area contributed by atoms with E-state index in [9.17, 15) is 4.79 Å². The van der Waals surface area contributed by atoms with Crippen molar-refractivity contribution in [2.24, 2.45) is 5.84 Å². The van der Waals surface area contributed by atoms with Gasteiger partial charge in [-0.1, -0.05) is 24.4 Å². The lowest BCUT2D eigenvalue weighted by Crippen LogP contribution is -2.32. The maximum absolute atomic E-state index is 12.3. The maximum atomic E-state index is 12.3. The van der Waals surface area contributed by atoms with Crippen LogP contribution in [0.2, 0.25) is 5.15 Å². The monoisotopic (exact) mass is 268 g/mol. The highest BCUT2D eigenvalue weighted by atomic mass is 35.5. The summed E-state index contributed by atoms with van der Waals surface area (Å²) in [4.78, 5) is 18.2. The summed E-state index contributed by atoms with van der Waals surface area (Å²) < 4.78 is 0. The number of pyridine rings is 1. The minimum atomic E-state index is -0.00213. The molecule has 98 valence electrons. The molecule has 1 amide bonds. The number of anilines is 1. The van der Waals surface area contributed by atoms with Gasteiger partial charge in [-0.05, 0) is 25.0 Å². The Balaban J connectivity index is 2.18. The Bertz CT molecular complexity index is 430. The number of aromatic nitrogens is 1. The van der Waals surface area contributed by atoms with Crippen LogP contribution in [0.5, 0.6) is 0 Å². The number of nitrogens with two attached hydrogens (primary N) is 1. The first-order chi connectivity index (χ1) is 8.70. The van der Waals surface area contributed by atoms with Gasteiger partial charge in [0.05, 0.1) is 0 Å². The van der Waals surface area contributed by atoms with Crippen LogP contribution >= 0.6 is 11.6 Å². The van der Waals surface area contributed by atoms with Crippen LogP contribution in [0.3, 0.4) is 0 Å². The molecule has 0 saturated carbocycles. The number of hydrogen-bond donors (Lipinski definition) is 2. The average molecular weight is 269 g/mol. The van der Waals surface area contributed by atoms with Gasteiger partial charge in [0, 0.05) is 18.7 Å². The van der Waals surface area contributed by atoms with Crippen molar-refractivity contribution in [3.63, 3.8) is 0 Å². The molecule has 0 aromatic carbocycles. The van der Waals surface area contributed by atoms with E-state index < -0.39 is 0 Å². The summed E-state index contributed by atoms with van der Waals surface area (Å²) in [6, 6.07) is 3.20. The first-order valence-electron chi connectivity index (χ1n) is 6.14. The smallest absolute Gasteiger partial charge is 0.254 e. The molecule has 2 rings (SSSR count). The molecule has 0 radical (unpaired) electrons. The molecule has 6 heteroatoms. The lowest BCUT2D eigenvalue weighted by Gasteiger charge is -2.20. The normalized spacial score (nSPS) is 16.2. The van der Waals surface area contributed by atoms with Crippen molar-refractivity contribution in [2.75, 3.05) is 18.5 Å². The van der Waals surface area contributed by atoms with Gasteiger partial charge < -0.3 is 10.3 Å². The van der Waals surface area contributed by atoms with E-state index in [-0.39, 0.29) is 11.1 Å². The van der Waals surface area contributed by atoms with Gasteiger partial charge in [0.15, 0.2) is 0 Å². The molecule has 0 spiro atoms. The lowest BCUT2D eigenvalue weighted by atomic mass is 10.2. The number of carbonyl (C=O) groups is 1. The van der Waals surface area contributed by atoms with Crippen molar-refractivity contribution in [2.45, 2.75) is 25.7 Å². The second-order valence-corrected chi connectivity index (χ2v) is 4.80. The molecule has 1 aliphatic heterocycles. The fraction of sp³-hybridized carbons (Fsp3) is 0.500. The Morgan fingerprint density at radius 2 is 1.94 bits per heavy atom. The SMILES string of the molecule is NNc1cc(C(=O)N2CCCCCC2)cc(Cl)n1. The quantitative estimate of drug-likeness (QED) is 0.489. The predicted molar refractivity (Wildman–Crippen MR) is 71.4 cm³/mol. The number of nitrogens with one attached hydrogen (secondary N) is 1. The van der Waals surface area contributed by atoms with Crippen molar-refractivity contribution in [3.8, 4) is 0 Å². The van der Waals surface area contributed by atoms with Gasteiger partial charge in [0.1, 0.15) is 11.0 Å². The molecule has 1 fully saturated rings. The topological polar surface area (TPSA) is 71.2 Å². The number of amides is 1. The highest BCUT2D eigenvalue weighted by Gasteiger charge is 2.18. The Kier molecular flexibility index (Phi) is 4.38. The number of halogens is 1. The number of nitrogens with zero attached hydrogens (tertiary/aromatic N) is 2. The highest BCUT2D eigenvalue weighted by Crippen LogP contribution is 2.18. The molecule has 1 aliphatic rings. The van der Waals surface area contributed by atoms with Crippen LogP contribution in [0, 0.1) is 0 Å². The largest absolute Gasteiger partial charge is 0.339 e. The van der Waals surface area contributed by atoms with Gasteiger partial charge in [-0.2, -0.15) is 0 Å². The number of likely N-dealkylation sites (tertiary alicyclic amines) is 1. The van der Waals surface area contributed by atoms with E-state index in [2.05, 4.69) is 10.4 Å². The number of rotatable bonds is 2. The van der Waals surface area contributed by atoms with E-state index in [0.29, 0.717) is 11.4 Å². The van der Waals surface area contributed by atoms with E-state index in [1.807, 2.05) is 4.90 Å². The summed E-state index contributed by atoms with van der Waals surface area (Å²) in [5, 5.41) is 0.267. The summed E-state index contributed by atoms with van der Waals surface area (Å²) in [5.74, 6) is 5.70. The van der Waals surface area contributed by atoms with Gasteiger partial charge in [-0.3, -0.25) is 4.79 Å². The average Bonchev–Trinajstić information content (AvgIpc) is 2.65. The summed E-state index contributed by atoms with van der Waals surface area (Å²) in [6.07, 6.45) is 4.51. The first kappa shape index (κ1) is 13.1. The molecule has 0 unspecified atom stereocenters. The van der Waals surface area contributed by atoms with Crippen LogP contribution in [-0.4, -0.2) is 28.9 Å². The second kappa shape index (κ2) is 6.02. The van der Waals surface area contributed by atoms with Crippen LogP contribution < -0.4 is 11.3 Å². The Hall–Kier alpha value is -1.33. The van der Waals surface area contributed by atoms with Crippen molar-refractivity contribution in [3.05, 3.63) is 22.8 Å². The third kappa shape index (κ3) is 3.11. The lowest BCUT2D eigenvalue weighted by molar-refractivity contribution is 0.0761. The van der Waals surface area contributed by atoms with E-state index in [0.717, 1.165) is 25.9 Å². The molecular formula is C12H17ClN4O. The number of hydrazine groups is 1. The molecule has 1 aromatic rings. The minimum Gasteiger partial charge on any atom is -0.339 e. The third-order valence-corrected chi connectivity index (χ3v) is 3.28. The van der Waals surface area contributed by atoms with Crippen LogP contribution in [-0.2, 0) is 0 Å². The predicted octanol–water partition coefficient (Wildman–Crippen LogP) is 2.04. The molecule has 0 aliphatic carbocycles. The van der Waals surface area contributed by atoms with Gasteiger partial charge in [0.25, 0.3) is 5.91 Å². The Labute approximate surface area is 111 Å². The van der Waals surface area contributed by atoms with E-state index in [1.54, 1.807) is 12.1 Å². The molecule has 5 nitrogen and oxygen atoms in total. The first-order valence-corrected chi connectivity index (χ1v) is 6.52. The second-order valence-electron chi connectivity index (χ2n) is 4.41. The summed E-state index contributed by atoms with van der Waals surface area (Å²) in [6.45, 7) is 1.62. The molecular weight excluding hydrogens is 252 g/mol. The van der Waals surface area contributed by atoms with Crippen LogP contribution in [0.25, 0.3) is 0 Å². The van der Waals surface area contributed by atoms with Crippen LogP contribution in [0.15, 0.2) is 12.1 Å². The summed E-state index contributed by atoms with van der Waals surface area (Å²) in [5.41, 5.74) is 2.94. The zero-order valence-corrected chi connectivity index (χ0v) is 10.9. The maximum Gasteiger partial charge on any atom is 0.254 e. The zero-order chi connectivity index (χ0) is 13.0. The molecule has 3 N–H and O–H groups in total. The van der Waals surface area contributed by atoms with Crippen LogP contribution in [0.1, 0.15) is 36.0 Å². The number of carbonyl (C=O) groups excluding carboxylic acids is 1. The van der Waals surface area contributed by atoms with Gasteiger partial charge in [-0.25, -0.2) is 10.8 Å². The van der Waals surface area contributed by atoms with Crippen LogP contribution in [0.4, 0.5) is 5.82 Å². The van der Waals surface area contributed by atoms with E-state index >= 15 is 0 Å². The molecule has 18 heavy (non-hydrogen) atoms. The fourth-order valence-corrected chi connectivity index (χ4v) is 2.36. The molecule has 1 aromatic heterocycles. The van der Waals surface area contributed by atoms with Gasteiger partial charge >= 0.3 is 0 Å². The van der Waals surface area contributed by atoms with E-state index in [1.165, 1.54) is 12.8 Å². The Morgan fingerprint density at radius 1 is 1.28 bits per heavy atom. The van der Waals surface area contributed by atoms with Gasteiger partial charge in [0.2, 0.25) is 0 Å².